The quantitative estimate of drug-likeness (QED) is 0.203. The van der Waals surface area contributed by atoms with Crippen molar-refractivity contribution in [3.8, 4) is 11.4 Å². The van der Waals surface area contributed by atoms with Gasteiger partial charge in [-0.15, -0.1) is 0 Å². The van der Waals surface area contributed by atoms with Crippen molar-refractivity contribution in [2.24, 2.45) is 7.05 Å². The van der Waals surface area contributed by atoms with Gasteiger partial charge in [0.25, 0.3) is 0 Å². The molecule has 7 aromatic rings. The molecule has 0 fully saturated rings. The molecule has 6 aromatic carbocycles. The zero-order valence-electron chi connectivity index (χ0n) is 26.0. The van der Waals surface area contributed by atoms with E-state index < -0.39 is 0 Å². The Morgan fingerprint density at radius 1 is 0.391 bits per heavy atom. The van der Waals surface area contributed by atoms with Crippen LogP contribution < -0.4 is 19.6 Å². The van der Waals surface area contributed by atoms with Crippen LogP contribution in [0.2, 0.25) is 0 Å². The summed E-state index contributed by atoms with van der Waals surface area (Å²) in [5, 5.41) is 0. The molecule has 46 heavy (non-hydrogen) atoms. The molecule has 9 rings (SSSR count). The van der Waals surface area contributed by atoms with Gasteiger partial charge in [-0.25, -0.2) is 4.98 Å². The molecule has 6 nitrogen and oxygen atoms in total. The summed E-state index contributed by atoms with van der Waals surface area (Å²) in [5.41, 5.74) is 14.5. The van der Waals surface area contributed by atoms with Gasteiger partial charge in [-0.1, -0.05) is 60.7 Å². The minimum absolute atomic E-state index is 0.934. The average molecular weight is 597 g/mol. The normalized spacial score (nSPS) is 13.4. The van der Waals surface area contributed by atoms with Crippen molar-refractivity contribution in [1.82, 2.24) is 9.55 Å². The standard InChI is InChI=1S/C40H32N6/c1-42-30-16-6-10-20-34(30)45(35-21-11-7-17-31(35)42)38-25-24-27(40-41-28-14-4-5-15-29(28)44(40)3)26-39(38)46-36-22-12-8-18-32(36)43(2)33-19-9-13-23-37(33)46/h4-26H,1-3H3. The van der Waals surface area contributed by atoms with Crippen LogP contribution in [-0.4, -0.2) is 23.6 Å². The van der Waals surface area contributed by atoms with Crippen LogP contribution in [0.15, 0.2) is 140 Å². The average Bonchev–Trinajstić information content (AvgIpc) is 3.45. The maximum Gasteiger partial charge on any atom is 0.140 e. The minimum Gasteiger partial charge on any atom is -0.341 e. The summed E-state index contributed by atoms with van der Waals surface area (Å²) in [6, 6.07) is 49.8. The molecule has 6 heteroatoms. The Kier molecular flexibility index (Phi) is 5.74. The first-order chi connectivity index (χ1) is 22.6. The lowest BCUT2D eigenvalue weighted by atomic mass is 10.0. The molecular formula is C40H32N6. The molecule has 1 aromatic heterocycles. The predicted octanol–water partition coefficient (Wildman–Crippen LogP) is 10.3. The van der Waals surface area contributed by atoms with Crippen LogP contribution in [0.3, 0.4) is 0 Å². The molecular weight excluding hydrogens is 564 g/mol. The second-order valence-electron chi connectivity index (χ2n) is 11.9. The summed E-state index contributed by atoms with van der Waals surface area (Å²) in [7, 11) is 6.40. The van der Waals surface area contributed by atoms with Crippen LogP contribution in [0.5, 0.6) is 0 Å². The number of para-hydroxylation sites is 10. The monoisotopic (exact) mass is 596 g/mol. The molecule has 0 atom stereocenters. The predicted molar refractivity (Wildman–Crippen MR) is 192 cm³/mol. The van der Waals surface area contributed by atoms with E-state index in [0.29, 0.717) is 0 Å². The fraction of sp³-hybridized carbons (Fsp3) is 0.0750. The number of hydrogen-bond acceptors (Lipinski definition) is 5. The number of rotatable bonds is 3. The molecule has 0 aliphatic carbocycles. The maximum absolute atomic E-state index is 5.11. The number of aryl methyl sites for hydroxylation is 1. The summed E-state index contributed by atoms with van der Waals surface area (Å²) in [5.74, 6) is 0.934. The summed E-state index contributed by atoms with van der Waals surface area (Å²) in [6.07, 6.45) is 0. The highest BCUT2D eigenvalue weighted by Crippen LogP contribution is 2.57. The summed E-state index contributed by atoms with van der Waals surface area (Å²) in [6.45, 7) is 0. The molecule has 0 N–H and O–H groups in total. The fourth-order valence-corrected chi connectivity index (χ4v) is 7.22. The van der Waals surface area contributed by atoms with E-state index in [1.807, 2.05) is 6.07 Å². The molecule has 0 amide bonds. The van der Waals surface area contributed by atoms with E-state index in [9.17, 15) is 0 Å². The molecule has 0 bridgehead atoms. The number of aromatic nitrogens is 2. The second kappa shape index (κ2) is 10.0. The Balaban J connectivity index is 1.36. The van der Waals surface area contributed by atoms with Crippen LogP contribution in [0.1, 0.15) is 0 Å². The van der Waals surface area contributed by atoms with Gasteiger partial charge in [0.15, 0.2) is 0 Å². The lowest BCUT2D eigenvalue weighted by Crippen LogP contribution is -2.27. The number of hydrogen-bond donors (Lipinski definition) is 0. The Labute approximate surface area is 268 Å². The van der Waals surface area contributed by atoms with Crippen LogP contribution in [-0.2, 0) is 7.05 Å². The van der Waals surface area contributed by atoms with Gasteiger partial charge in [0.2, 0.25) is 0 Å². The molecule has 2 aliphatic rings. The highest BCUT2D eigenvalue weighted by atomic mass is 15.3. The van der Waals surface area contributed by atoms with E-state index in [1.54, 1.807) is 0 Å². The number of benzene rings is 6. The molecule has 0 saturated carbocycles. The Morgan fingerprint density at radius 3 is 1.26 bits per heavy atom. The molecule has 2 aliphatic heterocycles. The van der Waals surface area contributed by atoms with Crippen molar-refractivity contribution >= 4 is 67.9 Å². The Bertz CT molecular complexity index is 2210. The third kappa shape index (κ3) is 3.73. The largest absolute Gasteiger partial charge is 0.341 e. The summed E-state index contributed by atoms with van der Waals surface area (Å²) < 4.78 is 2.19. The van der Waals surface area contributed by atoms with Gasteiger partial charge in [-0.3, -0.25) is 0 Å². The first-order valence-corrected chi connectivity index (χ1v) is 15.6. The number of imidazole rings is 1. The highest BCUT2D eigenvalue weighted by Gasteiger charge is 2.33. The summed E-state index contributed by atoms with van der Waals surface area (Å²) in [4.78, 5) is 14.5. The van der Waals surface area contributed by atoms with Crippen molar-refractivity contribution in [2.75, 3.05) is 33.7 Å². The van der Waals surface area contributed by atoms with Gasteiger partial charge in [0, 0.05) is 26.7 Å². The lowest BCUT2D eigenvalue weighted by Gasteiger charge is -2.43. The van der Waals surface area contributed by atoms with Crippen molar-refractivity contribution < 1.29 is 0 Å². The van der Waals surface area contributed by atoms with Crippen molar-refractivity contribution in [3.63, 3.8) is 0 Å². The van der Waals surface area contributed by atoms with Gasteiger partial charge in [-0.2, -0.15) is 0 Å². The smallest absolute Gasteiger partial charge is 0.140 e. The molecule has 0 spiro atoms. The van der Waals surface area contributed by atoms with E-state index in [-0.39, 0.29) is 0 Å². The molecule has 0 radical (unpaired) electrons. The molecule has 0 saturated heterocycles. The van der Waals surface area contributed by atoms with Crippen LogP contribution in [0, 0.1) is 0 Å². The van der Waals surface area contributed by atoms with Gasteiger partial charge in [0.1, 0.15) is 5.82 Å². The van der Waals surface area contributed by atoms with E-state index in [2.05, 4.69) is 179 Å². The Morgan fingerprint density at radius 2 is 0.783 bits per heavy atom. The number of anilines is 10. The SMILES string of the molecule is CN1c2ccccc2N(c2ccc(-c3nc4ccccc4n3C)cc2N2c3ccccc3N(C)c3ccccc32)c2ccccc21. The van der Waals surface area contributed by atoms with Crippen molar-refractivity contribution in [2.45, 2.75) is 0 Å². The van der Waals surface area contributed by atoms with Gasteiger partial charge in [-0.05, 0) is 78.9 Å². The highest BCUT2D eigenvalue weighted by molar-refractivity contribution is 6.05. The van der Waals surface area contributed by atoms with Crippen LogP contribution in [0.4, 0.5) is 56.9 Å². The second-order valence-corrected chi connectivity index (χ2v) is 11.9. The number of fused-ring (bicyclic) bond motifs is 5. The minimum atomic E-state index is 0.934. The van der Waals surface area contributed by atoms with E-state index in [0.717, 1.165) is 79.3 Å². The zero-order valence-corrected chi connectivity index (χ0v) is 26.0. The van der Waals surface area contributed by atoms with Crippen molar-refractivity contribution in [1.29, 1.82) is 0 Å². The summed E-state index contributed by atoms with van der Waals surface area (Å²) >= 11 is 0. The van der Waals surface area contributed by atoms with E-state index in [4.69, 9.17) is 4.98 Å². The molecule has 0 unspecified atom stereocenters. The third-order valence-electron chi connectivity index (χ3n) is 9.44. The zero-order chi connectivity index (χ0) is 30.9. The Hall–Kier alpha value is -6.01. The van der Waals surface area contributed by atoms with Gasteiger partial charge in [0.05, 0.1) is 67.9 Å². The molecule has 3 heterocycles. The lowest BCUT2D eigenvalue weighted by molar-refractivity contribution is 0.959. The third-order valence-corrected chi connectivity index (χ3v) is 9.44. The van der Waals surface area contributed by atoms with E-state index in [1.165, 1.54) is 0 Å². The topological polar surface area (TPSA) is 30.8 Å². The van der Waals surface area contributed by atoms with E-state index >= 15 is 0 Å². The van der Waals surface area contributed by atoms with Crippen molar-refractivity contribution in [3.05, 3.63) is 140 Å². The van der Waals surface area contributed by atoms with Gasteiger partial charge >= 0.3 is 0 Å². The molecule has 222 valence electrons. The maximum atomic E-state index is 5.11. The first kappa shape index (κ1) is 26.4. The van der Waals surface area contributed by atoms with Gasteiger partial charge < -0.3 is 24.2 Å². The van der Waals surface area contributed by atoms with Crippen LogP contribution in [0.25, 0.3) is 22.4 Å². The van der Waals surface area contributed by atoms with Crippen LogP contribution >= 0.6 is 0 Å². The fourth-order valence-electron chi connectivity index (χ4n) is 7.22. The first-order valence-electron chi connectivity index (χ1n) is 15.6. The number of nitrogens with zero attached hydrogens (tertiary/aromatic N) is 6.